The maximum Gasteiger partial charge on any atom is 0.272 e. The van der Waals surface area contributed by atoms with E-state index in [1.165, 1.54) is 0 Å². The van der Waals surface area contributed by atoms with E-state index in [9.17, 15) is 13.2 Å². The summed E-state index contributed by atoms with van der Waals surface area (Å²) in [6.07, 6.45) is 4.48. The smallest absolute Gasteiger partial charge is 0.272 e. The molecule has 8 heteroatoms. The van der Waals surface area contributed by atoms with Crippen LogP contribution in [0.4, 0.5) is 5.13 Å². The molecular formula is C11H17ClN2O3S2. The third-order valence-corrected chi connectivity index (χ3v) is 5.73. The molecule has 0 aromatic carbocycles. The van der Waals surface area contributed by atoms with Crippen molar-refractivity contribution in [2.45, 2.75) is 50.2 Å². The summed E-state index contributed by atoms with van der Waals surface area (Å²) in [5, 5.41) is 2.87. The number of hydrogen-bond acceptors (Lipinski definition) is 5. The quantitative estimate of drug-likeness (QED) is 0.616. The van der Waals surface area contributed by atoms with E-state index in [1.54, 1.807) is 6.92 Å². The van der Waals surface area contributed by atoms with Crippen molar-refractivity contribution in [3.63, 3.8) is 0 Å². The van der Waals surface area contributed by atoms with Crippen LogP contribution in [-0.4, -0.2) is 19.3 Å². The van der Waals surface area contributed by atoms with Gasteiger partial charge in [-0.05, 0) is 13.3 Å². The third kappa shape index (κ3) is 5.46. The first kappa shape index (κ1) is 16.4. The normalized spacial score (nSPS) is 11.5. The van der Waals surface area contributed by atoms with Crippen molar-refractivity contribution in [2.24, 2.45) is 0 Å². The molecule has 0 fully saturated rings. The minimum absolute atomic E-state index is 0.0181. The van der Waals surface area contributed by atoms with Gasteiger partial charge in [-0.1, -0.05) is 37.5 Å². The van der Waals surface area contributed by atoms with E-state index in [0.717, 1.165) is 37.0 Å². The molecule has 1 heterocycles. The van der Waals surface area contributed by atoms with Crippen LogP contribution in [0.2, 0.25) is 0 Å². The second kappa shape index (κ2) is 7.21. The van der Waals surface area contributed by atoms with Crippen LogP contribution in [0.25, 0.3) is 0 Å². The number of halogens is 1. The molecule has 108 valence electrons. The van der Waals surface area contributed by atoms with Gasteiger partial charge in [-0.2, -0.15) is 0 Å². The van der Waals surface area contributed by atoms with Crippen LogP contribution in [0.3, 0.4) is 0 Å². The lowest BCUT2D eigenvalue weighted by Gasteiger charge is -2.00. The number of anilines is 1. The molecule has 0 spiro atoms. The fourth-order valence-electron chi connectivity index (χ4n) is 1.56. The zero-order chi connectivity index (χ0) is 14.5. The molecule has 0 bridgehead atoms. The molecule has 1 rings (SSSR count). The standard InChI is InChI=1S/C11H17ClN2O3S2/c1-3-4-5-6-7-9(15)14-11-13-8(2)10(18-11)19(12,16)17/h3-7H2,1-2H3,(H,13,14,15). The highest BCUT2D eigenvalue weighted by Gasteiger charge is 2.19. The lowest BCUT2D eigenvalue weighted by atomic mass is 10.1. The van der Waals surface area contributed by atoms with E-state index >= 15 is 0 Å². The summed E-state index contributed by atoms with van der Waals surface area (Å²) >= 11 is 0.876. The van der Waals surface area contributed by atoms with Crippen LogP contribution < -0.4 is 5.32 Å². The fraction of sp³-hybridized carbons (Fsp3) is 0.636. The summed E-state index contributed by atoms with van der Waals surface area (Å²) in [6, 6.07) is 0. The number of carbonyl (C=O) groups is 1. The summed E-state index contributed by atoms with van der Waals surface area (Å²) in [4.78, 5) is 15.6. The zero-order valence-electron chi connectivity index (χ0n) is 10.9. The molecule has 0 atom stereocenters. The van der Waals surface area contributed by atoms with E-state index in [4.69, 9.17) is 10.7 Å². The highest BCUT2D eigenvalue weighted by Crippen LogP contribution is 2.29. The Kier molecular flexibility index (Phi) is 6.22. The Morgan fingerprint density at radius 3 is 2.58 bits per heavy atom. The number of unbranched alkanes of at least 4 members (excludes halogenated alkanes) is 3. The maximum absolute atomic E-state index is 11.6. The summed E-state index contributed by atoms with van der Waals surface area (Å²) in [5.74, 6) is -0.150. The van der Waals surface area contributed by atoms with Crippen molar-refractivity contribution >= 4 is 42.1 Å². The van der Waals surface area contributed by atoms with E-state index in [0.29, 0.717) is 12.1 Å². The first-order valence-corrected chi connectivity index (χ1v) is 9.19. The Balaban J connectivity index is 2.56. The van der Waals surface area contributed by atoms with Crippen molar-refractivity contribution in [1.29, 1.82) is 0 Å². The molecule has 1 amide bonds. The van der Waals surface area contributed by atoms with Crippen LogP contribution in [0.1, 0.15) is 44.7 Å². The zero-order valence-corrected chi connectivity index (χ0v) is 13.3. The largest absolute Gasteiger partial charge is 0.302 e. The number of amides is 1. The lowest BCUT2D eigenvalue weighted by molar-refractivity contribution is -0.116. The van der Waals surface area contributed by atoms with Gasteiger partial charge in [0.1, 0.15) is 0 Å². The first-order valence-electron chi connectivity index (χ1n) is 6.06. The van der Waals surface area contributed by atoms with Crippen LogP contribution in [-0.2, 0) is 13.8 Å². The van der Waals surface area contributed by atoms with Gasteiger partial charge in [-0.25, -0.2) is 13.4 Å². The second-order valence-corrected chi connectivity index (χ2v) is 7.95. The summed E-state index contributed by atoms with van der Waals surface area (Å²) in [7, 11) is 1.47. The van der Waals surface area contributed by atoms with Gasteiger partial charge >= 0.3 is 0 Å². The van der Waals surface area contributed by atoms with Crippen molar-refractivity contribution in [1.82, 2.24) is 4.98 Å². The number of aryl methyl sites for hydroxylation is 1. The van der Waals surface area contributed by atoms with Gasteiger partial charge in [0.25, 0.3) is 9.05 Å². The summed E-state index contributed by atoms with van der Waals surface area (Å²) < 4.78 is 22.4. The van der Waals surface area contributed by atoms with Crippen molar-refractivity contribution < 1.29 is 13.2 Å². The number of carbonyl (C=O) groups excluding carboxylic acids is 1. The molecule has 0 aliphatic rings. The predicted octanol–water partition coefficient (Wildman–Crippen LogP) is 3.29. The number of aromatic nitrogens is 1. The fourth-order valence-corrected chi connectivity index (χ4v) is 3.92. The minimum Gasteiger partial charge on any atom is -0.302 e. The molecule has 5 nitrogen and oxygen atoms in total. The highest BCUT2D eigenvalue weighted by molar-refractivity contribution is 8.15. The van der Waals surface area contributed by atoms with Crippen LogP contribution in [0.5, 0.6) is 0 Å². The second-order valence-electron chi connectivity index (χ2n) is 4.19. The predicted molar refractivity (Wildman–Crippen MR) is 77.3 cm³/mol. The first-order chi connectivity index (χ1) is 8.84. The number of rotatable bonds is 7. The van der Waals surface area contributed by atoms with E-state index < -0.39 is 9.05 Å². The molecule has 0 radical (unpaired) electrons. The molecule has 19 heavy (non-hydrogen) atoms. The van der Waals surface area contributed by atoms with Gasteiger partial charge in [-0.3, -0.25) is 4.79 Å². The van der Waals surface area contributed by atoms with Gasteiger partial charge in [0.05, 0.1) is 5.69 Å². The van der Waals surface area contributed by atoms with Crippen molar-refractivity contribution in [3.8, 4) is 0 Å². The minimum atomic E-state index is -3.80. The SMILES string of the molecule is CCCCCCC(=O)Nc1nc(C)c(S(=O)(=O)Cl)s1. The number of thiazole rings is 1. The average molecular weight is 325 g/mol. The van der Waals surface area contributed by atoms with E-state index in [-0.39, 0.29) is 15.2 Å². The third-order valence-electron chi connectivity index (χ3n) is 2.48. The Labute approximate surface area is 121 Å². The molecule has 0 saturated carbocycles. The van der Waals surface area contributed by atoms with Crippen LogP contribution in [0.15, 0.2) is 4.21 Å². The molecule has 1 N–H and O–H groups in total. The molecule has 0 aliphatic carbocycles. The van der Waals surface area contributed by atoms with Gasteiger partial charge in [0.15, 0.2) is 9.34 Å². The van der Waals surface area contributed by atoms with Gasteiger partial charge in [0.2, 0.25) is 5.91 Å². The van der Waals surface area contributed by atoms with E-state index in [2.05, 4.69) is 17.2 Å². The van der Waals surface area contributed by atoms with Gasteiger partial charge in [0, 0.05) is 17.1 Å². The molecular weight excluding hydrogens is 308 g/mol. The van der Waals surface area contributed by atoms with Crippen molar-refractivity contribution in [2.75, 3.05) is 5.32 Å². The van der Waals surface area contributed by atoms with Crippen LogP contribution >= 0.6 is 22.0 Å². The summed E-state index contributed by atoms with van der Waals surface area (Å²) in [6.45, 7) is 3.65. The molecule has 0 saturated heterocycles. The lowest BCUT2D eigenvalue weighted by Crippen LogP contribution is -2.10. The van der Waals surface area contributed by atoms with Crippen molar-refractivity contribution in [3.05, 3.63) is 5.69 Å². The monoisotopic (exact) mass is 324 g/mol. The Bertz CT molecular complexity index is 540. The van der Waals surface area contributed by atoms with E-state index in [1.807, 2.05) is 0 Å². The Morgan fingerprint density at radius 1 is 1.37 bits per heavy atom. The number of hydrogen-bond donors (Lipinski definition) is 1. The Morgan fingerprint density at radius 2 is 2.05 bits per heavy atom. The van der Waals surface area contributed by atoms with Gasteiger partial charge in [-0.15, -0.1) is 0 Å². The number of nitrogens with one attached hydrogen (secondary N) is 1. The van der Waals surface area contributed by atoms with Crippen LogP contribution in [0, 0.1) is 6.92 Å². The molecule has 0 aliphatic heterocycles. The maximum atomic E-state index is 11.6. The average Bonchev–Trinajstić information content (AvgIpc) is 2.65. The number of nitrogens with zero attached hydrogens (tertiary/aromatic N) is 1. The highest BCUT2D eigenvalue weighted by atomic mass is 35.7. The molecule has 0 unspecified atom stereocenters. The van der Waals surface area contributed by atoms with Gasteiger partial charge < -0.3 is 5.32 Å². The Hall–Kier alpha value is -0.660. The summed E-state index contributed by atoms with van der Waals surface area (Å²) in [5.41, 5.74) is 0.307. The molecule has 1 aromatic heterocycles. The topological polar surface area (TPSA) is 76.1 Å². The molecule has 1 aromatic rings.